The number of carbonyl (C=O) groups excluding carboxylic acids is 1. The van der Waals surface area contributed by atoms with Crippen LogP contribution in [0.3, 0.4) is 0 Å². The molecule has 1 heterocycles. The van der Waals surface area contributed by atoms with Crippen LogP contribution in [-0.2, 0) is 4.79 Å². The molecule has 5 nitrogen and oxygen atoms in total. The van der Waals surface area contributed by atoms with Crippen LogP contribution < -0.4 is 4.80 Å². The molecule has 29 heavy (non-hydrogen) atoms. The van der Waals surface area contributed by atoms with E-state index in [2.05, 4.69) is 11.9 Å². The van der Waals surface area contributed by atoms with Gasteiger partial charge in [-0.3, -0.25) is 4.79 Å². The van der Waals surface area contributed by atoms with E-state index in [0.717, 1.165) is 41.5 Å². The van der Waals surface area contributed by atoms with Crippen molar-refractivity contribution in [2.45, 2.75) is 52.0 Å². The molecule has 0 radical (unpaired) electrons. The summed E-state index contributed by atoms with van der Waals surface area (Å²) in [5.41, 5.74) is 2.36. The minimum Gasteiger partial charge on any atom is -0.480 e. The van der Waals surface area contributed by atoms with Crippen molar-refractivity contribution in [3.05, 3.63) is 64.5 Å². The SMILES string of the molecule is CCCCCCC(C(=O)O)n1c(=NC(=O)c2ccc(C)cc2)sc2ccccc21. The summed E-state index contributed by atoms with van der Waals surface area (Å²) < 4.78 is 2.64. The summed E-state index contributed by atoms with van der Waals surface area (Å²) in [5.74, 6) is -1.25. The number of amides is 1. The molecule has 1 aromatic heterocycles. The van der Waals surface area contributed by atoms with E-state index in [1.165, 1.54) is 11.3 Å². The monoisotopic (exact) mass is 410 g/mol. The van der Waals surface area contributed by atoms with Crippen molar-refractivity contribution in [3.63, 3.8) is 0 Å². The molecule has 1 unspecified atom stereocenters. The van der Waals surface area contributed by atoms with Crippen LogP contribution in [0.2, 0.25) is 0 Å². The van der Waals surface area contributed by atoms with Gasteiger partial charge in [0.25, 0.3) is 5.91 Å². The zero-order valence-corrected chi connectivity index (χ0v) is 17.6. The predicted molar refractivity (Wildman–Crippen MR) is 116 cm³/mol. The Hall–Kier alpha value is -2.73. The Morgan fingerprint density at radius 3 is 2.48 bits per heavy atom. The Morgan fingerprint density at radius 1 is 1.07 bits per heavy atom. The third-order valence-corrected chi connectivity index (χ3v) is 5.99. The molecule has 0 bridgehead atoms. The smallest absolute Gasteiger partial charge is 0.326 e. The molecule has 1 atom stereocenters. The number of aliphatic carboxylic acids is 1. The number of benzene rings is 2. The van der Waals surface area contributed by atoms with E-state index >= 15 is 0 Å². The van der Waals surface area contributed by atoms with Gasteiger partial charge in [0.15, 0.2) is 4.80 Å². The molecule has 0 aliphatic carbocycles. The van der Waals surface area contributed by atoms with Crippen molar-refractivity contribution < 1.29 is 14.7 Å². The second kappa shape index (κ2) is 9.65. The summed E-state index contributed by atoms with van der Waals surface area (Å²) in [7, 11) is 0. The molecule has 3 aromatic rings. The van der Waals surface area contributed by atoms with E-state index < -0.39 is 12.0 Å². The van der Waals surface area contributed by atoms with Crippen molar-refractivity contribution >= 4 is 33.4 Å². The molecule has 0 saturated heterocycles. The van der Waals surface area contributed by atoms with Crippen molar-refractivity contribution in [1.82, 2.24) is 4.57 Å². The fourth-order valence-electron chi connectivity index (χ4n) is 3.35. The number of nitrogens with zero attached hydrogens (tertiary/aromatic N) is 2. The van der Waals surface area contributed by atoms with E-state index in [1.807, 2.05) is 43.3 Å². The molecule has 0 spiro atoms. The lowest BCUT2D eigenvalue weighted by atomic mass is 10.1. The molecule has 152 valence electrons. The van der Waals surface area contributed by atoms with Crippen LogP contribution >= 0.6 is 11.3 Å². The third kappa shape index (κ3) is 5.01. The van der Waals surface area contributed by atoms with Crippen LogP contribution in [0.5, 0.6) is 0 Å². The molecule has 0 fully saturated rings. The maximum atomic E-state index is 12.7. The lowest BCUT2D eigenvalue weighted by Gasteiger charge is -2.15. The summed E-state index contributed by atoms with van der Waals surface area (Å²) in [6.45, 7) is 4.09. The van der Waals surface area contributed by atoms with Gasteiger partial charge < -0.3 is 9.67 Å². The average Bonchev–Trinajstić information content (AvgIpc) is 3.06. The van der Waals surface area contributed by atoms with Crippen LogP contribution in [0.25, 0.3) is 10.2 Å². The minimum absolute atomic E-state index is 0.361. The van der Waals surface area contributed by atoms with E-state index in [4.69, 9.17) is 0 Å². The van der Waals surface area contributed by atoms with Crippen LogP contribution in [0, 0.1) is 6.92 Å². The highest BCUT2D eigenvalue weighted by Crippen LogP contribution is 2.24. The zero-order chi connectivity index (χ0) is 20.8. The standard InChI is InChI=1S/C23H26N2O3S/c1-3-4-5-6-10-19(22(27)28)25-18-9-7-8-11-20(18)29-23(25)24-21(26)17-14-12-16(2)13-15-17/h7-9,11-15,19H,3-6,10H2,1-2H3,(H,27,28). The lowest BCUT2D eigenvalue weighted by molar-refractivity contribution is -0.141. The first-order chi connectivity index (χ1) is 14.0. The number of hydrogen-bond acceptors (Lipinski definition) is 3. The predicted octanol–water partition coefficient (Wildman–Crippen LogP) is 5.35. The Kier molecular flexibility index (Phi) is 6.99. The number of para-hydroxylation sites is 1. The fraction of sp³-hybridized carbons (Fsp3) is 0.348. The second-order valence-electron chi connectivity index (χ2n) is 7.21. The van der Waals surface area contributed by atoms with Crippen molar-refractivity contribution in [2.75, 3.05) is 0 Å². The maximum Gasteiger partial charge on any atom is 0.326 e. The van der Waals surface area contributed by atoms with Crippen molar-refractivity contribution in [1.29, 1.82) is 0 Å². The summed E-state index contributed by atoms with van der Waals surface area (Å²) in [5, 5.41) is 9.92. The Morgan fingerprint density at radius 2 is 1.79 bits per heavy atom. The summed E-state index contributed by atoms with van der Waals surface area (Å²) in [6, 6.07) is 14.1. The van der Waals surface area contributed by atoms with Gasteiger partial charge in [-0.2, -0.15) is 4.99 Å². The number of unbranched alkanes of at least 4 members (excludes halogenated alkanes) is 3. The van der Waals surface area contributed by atoms with Gasteiger partial charge in [-0.1, -0.05) is 73.8 Å². The molecular formula is C23H26N2O3S. The second-order valence-corrected chi connectivity index (χ2v) is 8.22. The number of aryl methyl sites for hydroxylation is 1. The summed E-state index contributed by atoms with van der Waals surface area (Å²) in [6.07, 6.45) is 4.52. The van der Waals surface area contributed by atoms with Gasteiger partial charge in [0.05, 0.1) is 10.2 Å². The van der Waals surface area contributed by atoms with E-state index in [0.29, 0.717) is 16.8 Å². The number of carbonyl (C=O) groups is 2. The number of carboxylic acids is 1. The average molecular weight is 411 g/mol. The van der Waals surface area contributed by atoms with E-state index in [9.17, 15) is 14.7 Å². The molecule has 1 amide bonds. The first-order valence-electron chi connectivity index (χ1n) is 10.00. The van der Waals surface area contributed by atoms with Gasteiger partial charge in [-0.25, -0.2) is 4.79 Å². The number of rotatable bonds is 8. The molecular weight excluding hydrogens is 384 g/mol. The van der Waals surface area contributed by atoms with E-state index in [1.54, 1.807) is 16.7 Å². The zero-order valence-electron chi connectivity index (χ0n) is 16.8. The first kappa shape index (κ1) is 21.0. The topological polar surface area (TPSA) is 71.7 Å². The molecule has 3 rings (SSSR count). The number of hydrogen-bond donors (Lipinski definition) is 1. The molecule has 1 N–H and O–H groups in total. The van der Waals surface area contributed by atoms with Gasteiger partial charge in [0.2, 0.25) is 0 Å². The highest BCUT2D eigenvalue weighted by molar-refractivity contribution is 7.16. The van der Waals surface area contributed by atoms with Crippen LogP contribution in [0.1, 0.15) is 61.0 Å². The van der Waals surface area contributed by atoms with Gasteiger partial charge in [0.1, 0.15) is 6.04 Å². The van der Waals surface area contributed by atoms with Crippen molar-refractivity contribution in [3.8, 4) is 0 Å². The number of carboxylic acid groups (broad SMARTS) is 1. The summed E-state index contributed by atoms with van der Waals surface area (Å²) in [4.78, 5) is 29.6. The van der Waals surface area contributed by atoms with Gasteiger partial charge in [0, 0.05) is 5.56 Å². The molecule has 0 aliphatic rings. The molecule has 2 aromatic carbocycles. The minimum atomic E-state index is -0.894. The molecule has 0 saturated carbocycles. The van der Waals surface area contributed by atoms with Crippen LogP contribution in [0.15, 0.2) is 53.5 Å². The normalized spacial score (nSPS) is 13.0. The molecule has 0 aliphatic heterocycles. The van der Waals surface area contributed by atoms with Crippen molar-refractivity contribution in [2.24, 2.45) is 4.99 Å². The highest BCUT2D eigenvalue weighted by Gasteiger charge is 2.23. The first-order valence-corrected chi connectivity index (χ1v) is 10.8. The Balaban J connectivity index is 2.06. The highest BCUT2D eigenvalue weighted by atomic mass is 32.1. The molecule has 6 heteroatoms. The third-order valence-electron chi connectivity index (χ3n) is 4.96. The summed E-state index contributed by atoms with van der Waals surface area (Å²) >= 11 is 1.35. The quantitative estimate of drug-likeness (QED) is 0.509. The van der Waals surface area contributed by atoms with Gasteiger partial charge >= 0.3 is 5.97 Å². The van der Waals surface area contributed by atoms with Crippen LogP contribution in [-0.4, -0.2) is 21.6 Å². The largest absolute Gasteiger partial charge is 0.480 e. The van der Waals surface area contributed by atoms with E-state index in [-0.39, 0.29) is 5.91 Å². The van der Waals surface area contributed by atoms with Gasteiger partial charge in [-0.15, -0.1) is 0 Å². The fourth-order valence-corrected chi connectivity index (χ4v) is 4.41. The van der Waals surface area contributed by atoms with Gasteiger partial charge in [-0.05, 0) is 37.6 Å². The number of thiazole rings is 1. The maximum absolute atomic E-state index is 12.7. The number of aromatic nitrogens is 1. The Labute approximate surface area is 174 Å². The van der Waals surface area contributed by atoms with Crippen LogP contribution in [0.4, 0.5) is 0 Å². The lowest BCUT2D eigenvalue weighted by Crippen LogP contribution is -2.28. The number of fused-ring (bicyclic) bond motifs is 1. The Bertz CT molecular complexity index is 1060.